The minimum atomic E-state index is -0.590. The van der Waals surface area contributed by atoms with Crippen LogP contribution < -0.4 is 5.73 Å². The number of methoxy groups -OCH3 is 1. The lowest BCUT2D eigenvalue weighted by molar-refractivity contribution is -0.136. The number of nitrogens with two attached hydrogens (primary N) is 1. The number of carbonyl (C=O) groups is 2. The van der Waals surface area contributed by atoms with Crippen LogP contribution in [0, 0.1) is 0 Å². The molecule has 7 heteroatoms. The van der Waals surface area contributed by atoms with E-state index in [9.17, 15) is 9.59 Å². The molecule has 1 unspecified atom stereocenters. The SMILES string of the molecule is COCC(N)C(=O)N1CCN(CC(=O)N2CCCC2)CC1. The van der Waals surface area contributed by atoms with Crippen LogP contribution >= 0.6 is 0 Å². The lowest BCUT2D eigenvalue weighted by atomic mass is 10.2. The number of carbonyl (C=O) groups excluding carboxylic acids is 2. The fourth-order valence-electron chi connectivity index (χ4n) is 2.87. The van der Waals surface area contributed by atoms with Gasteiger partial charge in [-0.25, -0.2) is 0 Å². The Kier molecular flexibility index (Phi) is 5.96. The molecule has 0 aromatic heterocycles. The van der Waals surface area contributed by atoms with Crippen molar-refractivity contribution in [3.05, 3.63) is 0 Å². The third-order valence-electron chi connectivity index (χ3n) is 4.17. The van der Waals surface area contributed by atoms with Gasteiger partial charge in [-0.1, -0.05) is 0 Å². The summed E-state index contributed by atoms with van der Waals surface area (Å²) in [4.78, 5) is 30.0. The molecule has 2 heterocycles. The van der Waals surface area contributed by atoms with E-state index < -0.39 is 6.04 Å². The number of hydrogen-bond acceptors (Lipinski definition) is 5. The van der Waals surface area contributed by atoms with Crippen LogP contribution in [0.2, 0.25) is 0 Å². The first-order chi connectivity index (χ1) is 10.1. The molecule has 7 nitrogen and oxygen atoms in total. The summed E-state index contributed by atoms with van der Waals surface area (Å²) in [5, 5.41) is 0. The standard InChI is InChI=1S/C14H26N4O3/c1-21-11-12(15)14(20)18-8-6-16(7-9-18)10-13(19)17-4-2-3-5-17/h12H,2-11,15H2,1H3. The summed E-state index contributed by atoms with van der Waals surface area (Å²) in [6.45, 7) is 5.20. The molecule has 0 aromatic carbocycles. The van der Waals surface area contributed by atoms with Crippen molar-refractivity contribution < 1.29 is 14.3 Å². The number of likely N-dealkylation sites (tertiary alicyclic amines) is 1. The molecular formula is C14H26N4O3. The molecule has 0 saturated carbocycles. The predicted molar refractivity (Wildman–Crippen MR) is 78.7 cm³/mol. The molecule has 2 N–H and O–H groups in total. The molecule has 0 spiro atoms. The maximum atomic E-state index is 12.1. The quantitative estimate of drug-likeness (QED) is 0.684. The van der Waals surface area contributed by atoms with Crippen LogP contribution in [0.3, 0.4) is 0 Å². The number of hydrogen-bond donors (Lipinski definition) is 1. The van der Waals surface area contributed by atoms with Crippen LogP contribution in [0.1, 0.15) is 12.8 Å². The summed E-state index contributed by atoms with van der Waals surface area (Å²) in [5.41, 5.74) is 5.77. The highest BCUT2D eigenvalue weighted by molar-refractivity contribution is 5.82. The Hall–Kier alpha value is -1.18. The average molecular weight is 298 g/mol. The molecule has 2 fully saturated rings. The smallest absolute Gasteiger partial charge is 0.241 e. The van der Waals surface area contributed by atoms with E-state index in [1.54, 1.807) is 4.90 Å². The van der Waals surface area contributed by atoms with E-state index in [0.717, 1.165) is 39.0 Å². The molecule has 2 saturated heterocycles. The lowest BCUT2D eigenvalue weighted by Gasteiger charge is -2.36. The Morgan fingerprint density at radius 1 is 1.05 bits per heavy atom. The van der Waals surface area contributed by atoms with E-state index in [-0.39, 0.29) is 18.4 Å². The van der Waals surface area contributed by atoms with E-state index in [2.05, 4.69) is 4.90 Å². The van der Waals surface area contributed by atoms with E-state index in [4.69, 9.17) is 10.5 Å². The zero-order chi connectivity index (χ0) is 15.2. The fourth-order valence-corrected chi connectivity index (χ4v) is 2.87. The number of ether oxygens (including phenoxy) is 1. The van der Waals surface area contributed by atoms with E-state index in [1.807, 2.05) is 4.90 Å². The van der Waals surface area contributed by atoms with E-state index >= 15 is 0 Å². The van der Waals surface area contributed by atoms with Gasteiger partial charge in [0, 0.05) is 46.4 Å². The van der Waals surface area contributed by atoms with Gasteiger partial charge in [-0.05, 0) is 12.8 Å². The third kappa shape index (κ3) is 4.39. The molecule has 0 bridgehead atoms. The largest absolute Gasteiger partial charge is 0.383 e. The number of amides is 2. The summed E-state index contributed by atoms with van der Waals surface area (Å²) >= 11 is 0. The second-order valence-electron chi connectivity index (χ2n) is 5.75. The van der Waals surface area contributed by atoms with Gasteiger partial charge in [0.2, 0.25) is 11.8 Å². The van der Waals surface area contributed by atoms with Gasteiger partial charge in [0.05, 0.1) is 13.2 Å². The first-order valence-electron chi connectivity index (χ1n) is 7.65. The van der Waals surface area contributed by atoms with Crippen LogP contribution in [0.4, 0.5) is 0 Å². The van der Waals surface area contributed by atoms with Crippen LogP contribution in [0.15, 0.2) is 0 Å². The summed E-state index contributed by atoms with van der Waals surface area (Å²) in [7, 11) is 1.54. The molecule has 21 heavy (non-hydrogen) atoms. The van der Waals surface area contributed by atoms with Crippen molar-refractivity contribution in [1.82, 2.24) is 14.7 Å². The Morgan fingerprint density at radius 3 is 2.24 bits per heavy atom. The van der Waals surface area contributed by atoms with Crippen LogP contribution in [-0.4, -0.2) is 92.1 Å². The van der Waals surface area contributed by atoms with Crippen molar-refractivity contribution in [2.24, 2.45) is 5.73 Å². The highest BCUT2D eigenvalue weighted by atomic mass is 16.5. The molecule has 120 valence electrons. The Labute approximate surface area is 126 Å². The lowest BCUT2D eigenvalue weighted by Crippen LogP contribution is -2.55. The van der Waals surface area contributed by atoms with Gasteiger partial charge in [0.15, 0.2) is 0 Å². The van der Waals surface area contributed by atoms with Crippen molar-refractivity contribution in [2.45, 2.75) is 18.9 Å². The minimum absolute atomic E-state index is 0.0673. The van der Waals surface area contributed by atoms with Crippen molar-refractivity contribution >= 4 is 11.8 Å². The highest BCUT2D eigenvalue weighted by Gasteiger charge is 2.27. The topological polar surface area (TPSA) is 79.1 Å². The van der Waals surface area contributed by atoms with Crippen molar-refractivity contribution in [2.75, 3.05) is 59.5 Å². The summed E-state index contributed by atoms with van der Waals surface area (Å²) in [6, 6.07) is -0.590. The van der Waals surface area contributed by atoms with Gasteiger partial charge in [0.25, 0.3) is 0 Å². The molecule has 1 atom stereocenters. The molecule has 2 amide bonds. The minimum Gasteiger partial charge on any atom is -0.383 e. The monoisotopic (exact) mass is 298 g/mol. The van der Waals surface area contributed by atoms with Gasteiger partial charge in [-0.15, -0.1) is 0 Å². The first kappa shape index (κ1) is 16.2. The van der Waals surface area contributed by atoms with Gasteiger partial charge < -0.3 is 20.3 Å². The predicted octanol–water partition coefficient (Wildman–Crippen LogP) is -1.27. The average Bonchev–Trinajstić information content (AvgIpc) is 3.02. The molecule has 0 radical (unpaired) electrons. The zero-order valence-corrected chi connectivity index (χ0v) is 12.8. The second kappa shape index (κ2) is 7.72. The maximum absolute atomic E-state index is 12.1. The van der Waals surface area contributed by atoms with Crippen molar-refractivity contribution in [1.29, 1.82) is 0 Å². The number of rotatable bonds is 5. The van der Waals surface area contributed by atoms with Crippen molar-refractivity contribution in [3.8, 4) is 0 Å². The molecule has 2 aliphatic heterocycles. The zero-order valence-electron chi connectivity index (χ0n) is 12.8. The second-order valence-corrected chi connectivity index (χ2v) is 5.75. The summed E-state index contributed by atoms with van der Waals surface area (Å²) in [6.07, 6.45) is 2.23. The molecular weight excluding hydrogens is 272 g/mol. The molecule has 0 aliphatic carbocycles. The van der Waals surface area contributed by atoms with E-state index in [0.29, 0.717) is 19.6 Å². The van der Waals surface area contributed by atoms with Crippen LogP contribution in [-0.2, 0) is 14.3 Å². The van der Waals surface area contributed by atoms with Gasteiger partial charge in [0.1, 0.15) is 6.04 Å². The normalized spacial score (nSPS) is 21.6. The van der Waals surface area contributed by atoms with Crippen molar-refractivity contribution in [3.63, 3.8) is 0 Å². The van der Waals surface area contributed by atoms with Gasteiger partial charge >= 0.3 is 0 Å². The van der Waals surface area contributed by atoms with Gasteiger partial charge in [-0.3, -0.25) is 14.5 Å². The first-order valence-corrected chi connectivity index (χ1v) is 7.65. The summed E-state index contributed by atoms with van der Waals surface area (Å²) < 4.78 is 4.91. The Bertz CT molecular complexity index is 363. The van der Waals surface area contributed by atoms with Gasteiger partial charge in [-0.2, -0.15) is 0 Å². The van der Waals surface area contributed by atoms with E-state index in [1.165, 1.54) is 7.11 Å². The Balaban J connectivity index is 1.72. The number of piperazine rings is 1. The highest BCUT2D eigenvalue weighted by Crippen LogP contribution is 2.09. The summed E-state index contributed by atoms with van der Waals surface area (Å²) in [5.74, 6) is 0.144. The van der Waals surface area contributed by atoms with Crippen LogP contribution in [0.25, 0.3) is 0 Å². The maximum Gasteiger partial charge on any atom is 0.241 e. The third-order valence-corrected chi connectivity index (χ3v) is 4.17. The molecule has 2 aliphatic rings. The molecule has 2 rings (SSSR count). The Morgan fingerprint density at radius 2 is 1.67 bits per heavy atom. The molecule has 0 aromatic rings. The number of nitrogens with zero attached hydrogens (tertiary/aromatic N) is 3. The van der Waals surface area contributed by atoms with Crippen LogP contribution in [0.5, 0.6) is 0 Å². The fraction of sp³-hybridized carbons (Fsp3) is 0.857.